The van der Waals surface area contributed by atoms with Gasteiger partial charge in [-0.2, -0.15) is 9.97 Å². The molecule has 0 amide bonds. The number of hydrogen-bond acceptors (Lipinski definition) is 8. The molecule has 3 heterocycles. The number of methoxy groups -OCH3 is 2. The molecule has 0 saturated carbocycles. The van der Waals surface area contributed by atoms with E-state index in [1.165, 1.54) is 25.1 Å². The zero-order valence-electron chi connectivity index (χ0n) is 12.1. The minimum absolute atomic E-state index is 0.0168. The highest BCUT2D eigenvalue weighted by atomic mass is 19.1. The molecule has 1 unspecified atom stereocenters. The Hall–Kier alpha value is -2.04. The van der Waals surface area contributed by atoms with Crippen molar-refractivity contribution in [1.29, 1.82) is 0 Å². The maximum Gasteiger partial charge on any atom is 0.224 e. The third-order valence-corrected chi connectivity index (χ3v) is 3.61. The molecule has 120 valence electrons. The summed E-state index contributed by atoms with van der Waals surface area (Å²) < 4.78 is 32.0. The minimum Gasteiger partial charge on any atom is -0.382 e. The number of anilines is 2. The van der Waals surface area contributed by atoms with E-state index < -0.39 is 24.6 Å². The minimum atomic E-state index is -1.42. The molecule has 0 aromatic carbocycles. The number of ether oxygens (including phenoxy) is 3. The fourth-order valence-corrected chi connectivity index (χ4v) is 2.64. The summed E-state index contributed by atoms with van der Waals surface area (Å²) >= 11 is 0. The van der Waals surface area contributed by atoms with Crippen LogP contribution in [0, 0.1) is 0 Å². The lowest BCUT2D eigenvalue weighted by Crippen LogP contribution is -2.33. The van der Waals surface area contributed by atoms with Gasteiger partial charge in [-0.05, 0) is 0 Å². The normalized spacial score (nSPS) is 28.5. The van der Waals surface area contributed by atoms with E-state index in [0.717, 1.165) is 0 Å². The Kier molecular flexibility index (Phi) is 3.81. The van der Waals surface area contributed by atoms with Crippen LogP contribution in [0.1, 0.15) is 6.23 Å². The van der Waals surface area contributed by atoms with Gasteiger partial charge in [0.25, 0.3) is 0 Å². The van der Waals surface area contributed by atoms with Crippen molar-refractivity contribution < 1.29 is 18.6 Å². The van der Waals surface area contributed by atoms with Gasteiger partial charge in [-0.1, -0.05) is 0 Å². The van der Waals surface area contributed by atoms with Crippen molar-refractivity contribution in [2.75, 3.05) is 32.3 Å². The zero-order chi connectivity index (χ0) is 15.9. The average molecular weight is 312 g/mol. The van der Waals surface area contributed by atoms with Crippen LogP contribution in [0.15, 0.2) is 6.33 Å². The van der Waals surface area contributed by atoms with Crippen LogP contribution in [0.5, 0.6) is 0 Å². The average Bonchev–Trinajstić information content (AvgIpc) is 3.01. The van der Waals surface area contributed by atoms with Crippen LogP contribution in [-0.4, -0.2) is 58.7 Å². The third-order valence-electron chi connectivity index (χ3n) is 3.61. The number of imidazole rings is 1. The first-order chi connectivity index (χ1) is 10.6. The Labute approximate surface area is 125 Å². The second-order valence-corrected chi connectivity index (χ2v) is 4.96. The van der Waals surface area contributed by atoms with Crippen molar-refractivity contribution >= 4 is 22.9 Å². The van der Waals surface area contributed by atoms with E-state index in [0.29, 0.717) is 11.2 Å². The van der Waals surface area contributed by atoms with Gasteiger partial charge in [-0.15, -0.1) is 0 Å². The van der Waals surface area contributed by atoms with E-state index in [1.54, 1.807) is 0 Å². The molecule has 4 atom stereocenters. The molecule has 22 heavy (non-hydrogen) atoms. The van der Waals surface area contributed by atoms with Gasteiger partial charge < -0.3 is 25.7 Å². The van der Waals surface area contributed by atoms with Crippen molar-refractivity contribution in [3.05, 3.63) is 6.33 Å². The number of aromatic nitrogens is 4. The van der Waals surface area contributed by atoms with Gasteiger partial charge >= 0.3 is 0 Å². The SMILES string of the molecule is COC[C@H]1O[C@@H](n2cnc3c(N)nc(N)nc32)[C@@H](F)C1OC. The Morgan fingerprint density at radius 3 is 2.82 bits per heavy atom. The van der Waals surface area contributed by atoms with E-state index in [9.17, 15) is 4.39 Å². The van der Waals surface area contributed by atoms with Crippen LogP contribution in [0.25, 0.3) is 11.2 Å². The van der Waals surface area contributed by atoms with E-state index in [-0.39, 0.29) is 18.4 Å². The van der Waals surface area contributed by atoms with Crippen molar-refractivity contribution in [1.82, 2.24) is 19.5 Å². The van der Waals surface area contributed by atoms with E-state index in [2.05, 4.69) is 15.0 Å². The summed E-state index contributed by atoms with van der Waals surface area (Å²) in [6.45, 7) is 0.210. The number of rotatable bonds is 4. The zero-order valence-corrected chi connectivity index (χ0v) is 12.1. The van der Waals surface area contributed by atoms with Gasteiger partial charge in [0.15, 0.2) is 23.9 Å². The topological polar surface area (TPSA) is 123 Å². The van der Waals surface area contributed by atoms with Crippen molar-refractivity contribution in [2.45, 2.75) is 24.6 Å². The van der Waals surface area contributed by atoms with Crippen molar-refractivity contribution in [3.8, 4) is 0 Å². The number of halogens is 1. The summed E-state index contributed by atoms with van der Waals surface area (Å²) in [6, 6.07) is 0. The summed E-state index contributed by atoms with van der Waals surface area (Å²) in [5.41, 5.74) is 12.0. The smallest absolute Gasteiger partial charge is 0.224 e. The number of fused-ring (bicyclic) bond motifs is 1. The maximum absolute atomic E-state index is 14.7. The molecule has 1 aliphatic rings. The summed E-state index contributed by atoms with van der Waals surface area (Å²) in [6.07, 6.45) is -2.26. The quantitative estimate of drug-likeness (QED) is 0.801. The second kappa shape index (κ2) is 5.63. The molecular formula is C12H17FN6O3. The van der Waals surface area contributed by atoms with E-state index in [1.807, 2.05) is 0 Å². The molecule has 2 aromatic heterocycles. The molecule has 0 aliphatic carbocycles. The van der Waals surface area contributed by atoms with Gasteiger partial charge in [0.1, 0.15) is 17.7 Å². The predicted molar refractivity (Wildman–Crippen MR) is 75.6 cm³/mol. The van der Waals surface area contributed by atoms with E-state index >= 15 is 0 Å². The molecule has 4 N–H and O–H groups in total. The number of alkyl halides is 1. The Morgan fingerprint density at radius 1 is 1.36 bits per heavy atom. The molecule has 3 rings (SSSR count). The Morgan fingerprint density at radius 2 is 2.14 bits per heavy atom. The first-order valence-corrected chi connectivity index (χ1v) is 6.63. The largest absolute Gasteiger partial charge is 0.382 e. The highest BCUT2D eigenvalue weighted by molar-refractivity contribution is 5.82. The summed E-state index contributed by atoms with van der Waals surface area (Å²) in [7, 11) is 2.94. The van der Waals surface area contributed by atoms with Crippen LogP contribution in [0.3, 0.4) is 0 Å². The number of nitrogens with two attached hydrogens (primary N) is 2. The van der Waals surface area contributed by atoms with Gasteiger partial charge in [0.2, 0.25) is 5.95 Å². The second-order valence-electron chi connectivity index (χ2n) is 4.96. The van der Waals surface area contributed by atoms with E-state index in [4.69, 9.17) is 25.7 Å². The number of nitrogens with zero attached hydrogens (tertiary/aromatic N) is 4. The highest BCUT2D eigenvalue weighted by Gasteiger charge is 2.47. The standard InChI is InChI=1S/C12H17FN6O3/c1-20-3-5-8(21-2)6(13)11(22-5)19-4-16-7-9(14)17-12(15)18-10(7)19/h4-6,8,11H,3H2,1-2H3,(H4,14,15,17,18)/t5-,6+,8?,11-/m1/s1. The molecule has 1 aliphatic heterocycles. The van der Waals surface area contributed by atoms with Gasteiger partial charge in [0, 0.05) is 14.2 Å². The summed E-state index contributed by atoms with van der Waals surface area (Å²) in [5.74, 6) is 0.114. The molecule has 0 radical (unpaired) electrons. The first kappa shape index (κ1) is 14.9. The lowest BCUT2D eigenvalue weighted by Gasteiger charge is -2.16. The summed E-state index contributed by atoms with van der Waals surface area (Å²) in [4.78, 5) is 12.0. The fourth-order valence-electron chi connectivity index (χ4n) is 2.64. The monoisotopic (exact) mass is 312 g/mol. The summed E-state index contributed by atoms with van der Waals surface area (Å²) in [5, 5.41) is 0. The maximum atomic E-state index is 14.7. The fraction of sp³-hybridized carbons (Fsp3) is 0.583. The number of nitrogen functional groups attached to an aromatic ring is 2. The lowest BCUT2D eigenvalue weighted by atomic mass is 10.1. The molecule has 2 aromatic rings. The van der Waals surface area contributed by atoms with Gasteiger partial charge in [-0.25, -0.2) is 9.37 Å². The highest BCUT2D eigenvalue weighted by Crippen LogP contribution is 2.35. The third kappa shape index (κ3) is 2.25. The lowest BCUT2D eigenvalue weighted by molar-refractivity contribution is -0.0602. The molecule has 0 bridgehead atoms. The van der Waals surface area contributed by atoms with Crippen LogP contribution in [-0.2, 0) is 14.2 Å². The van der Waals surface area contributed by atoms with Crippen LogP contribution in [0.2, 0.25) is 0 Å². The Balaban J connectivity index is 2.01. The van der Waals surface area contributed by atoms with Crippen molar-refractivity contribution in [3.63, 3.8) is 0 Å². The van der Waals surface area contributed by atoms with Gasteiger partial charge in [-0.3, -0.25) is 4.57 Å². The van der Waals surface area contributed by atoms with Crippen LogP contribution < -0.4 is 11.5 Å². The number of hydrogen-bond donors (Lipinski definition) is 2. The molecule has 0 spiro atoms. The molecule has 1 saturated heterocycles. The first-order valence-electron chi connectivity index (χ1n) is 6.63. The van der Waals surface area contributed by atoms with Crippen LogP contribution in [0.4, 0.5) is 16.2 Å². The van der Waals surface area contributed by atoms with Crippen molar-refractivity contribution in [2.24, 2.45) is 0 Å². The van der Waals surface area contributed by atoms with Crippen LogP contribution >= 0.6 is 0 Å². The Bertz CT molecular complexity index is 680. The van der Waals surface area contributed by atoms with Gasteiger partial charge in [0.05, 0.1) is 12.9 Å². The molecule has 9 nitrogen and oxygen atoms in total. The predicted octanol–water partition coefficient (Wildman–Crippen LogP) is -0.112. The molecule has 10 heteroatoms. The molecule has 1 fully saturated rings. The molecular weight excluding hydrogens is 295 g/mol.